The van der Waals surface area contributed by atoms with Gasteiger partial charge in [0.05, 0.1) is 6.54 Å². The van der Waals surface area contributed by atoms with Crippen molar-refractivity contribution in [3.63, 3.8) is 0 Å². The van der Waals surface area contributed by atoms with Crippen molar-refractivity contribution in [2.45, 2.75) is 39.9 Å². The fourth-order valence-corrected chi connectivity index (χ4v) is 1.16. The van der Waals surface area contributed by atoms with Crippen molar-refractivity contribution in [3.05, 3.63) is 0 Å². The minimum atomic E-state index is -4.10. The number of hydrogen-bond donors (Lipinski definition) is 0. The Morgan fingerprint density at radius 2 is 1.56 bits per heavy atom. The molecule has 0 spiro atoms. The second-order valence-corrected chi connectivity index (χ2v) is 3.73. The van der Waals surface area contributed by atoms with Crippen LogP contribution in [-0.4, -0.2) is 55.7 Å². The van der Waals surface area contributed by atoms with Crippen LogP contribution >= 0.6 is 0 Å². The average molecular weight is 242 g/mol. The van der Waals surface area contributed by atoms with Gasteiger partial charge < -0.3 is 4.90 Å². The summed E-state index contributed by atoms with van der Waals surface area (Å²) in [6.07, 6.45) is -4.10. The zero-order valence-electron chi connectivity index (χ0n) is 11.2. The Balaban J connectivity index is 0. The maximum absolute atomic E-state index is 12.0. The highest BCUT2D eigenvalue weighted by molar-refractivity contribution is 4.69. The third-order valence-electron chi connectivity index (χ3n) is 2.30. The van der Waals surface area contributed by atoms with Crippen molar-refractivity contribution >= 4 is 0 Å². The van der Waals surface area contributed by atoms with Crippen LogP contribution in [0.3, 0.4) is 0 Å². The Morgan fingerprint density at radius 3 is 1.88 bits per heavy atom. The average Bonchev–Trinajstić information content (AvgIpc) is 2.18. The van der Waals surface area contributed by atoms with Gasteiger partial charge in [-0.2, -0.15) is 13.2 Å². The van der Waals surface area contributed by atoms with E-state index < -0.39 is 12.7 Å². The molecule has 16 heavy (non-hydrogen) atoms. The minimum absolute atomic E-state index is 0.0819. The molecule has 0 saturated carbocycles. The van der Waals surface area contributed by atoms with Crippen molar-refractivity contribution in [2.75, 3.05) is 33.7 Å². The maximum Gasteiger partial charge on any atom is 0.401 e. The lowest BCUT2D eigenvalue weighted by molar-refractivity contribution is -0.147. The molecule has 1 unspecified atom stereocenters. The SMILES string of the molecule is CC.CCN(C)CC(C)N(C)CC(F)(F)F. The molecule has 0 fully saturated rings. The molecule has 2 nitrogen and oxygen atoms in total. The van der Waals surface area contributed by atoms with Crippen LogP contribution in [0.1, 0.15) is 27.7 Å². The zero-order valence-corrected chi connectivity index (χ0v) is 11.2. The third kappa shape index (κ3) is 10.2. The summed E-state index contributed by atoms with van der Waals surface area (Å²) >= 11 is 0. The quantitative estimate of drug-likeness (QED) is 0.731. The third-order valence-corrected chi connectivity index (χ3v) is 2.30. The normalized spacial score (nSPS) is 13.7. The summed E-state index contributed by atoms with van der Waals surface area (Å²) in [6, 6.07) is -0.0819. The van der Waals surface area contributed by atoms with E-state index in [-0.39, 0.29) is 6.04 Å². The minimum Gasteiger partial charge on any atom is -0.305 e. The standard InChI is InChI=1S/C9H19F3N2.C2H6/c1-5-13(3)6-8(2)14(4)7-9(10,11)12;1-2/h8H,5-7H2,1-4H3;1-2H3. The zero-order chi connectivity index (χ0) is 13.4. The van der Waals surface area contributed by atoms with E-state index >= 15 is 0 Å². The van der Waals surface area contributed by atoms with E-state index in [2.05, 4.69) is 0 Å². The highest BCUT2D eigenvalue weighted by Gasteiger charge is 2.30. The molecule has 0 aromatic rings. The fraction of sp³-hybridized carbons (Fsp3) is 1.00. The molecule has 0 aliphatic rings. The second kappa shape index (κ2) is 8.82. The molecule has 0 saturated heterocycles. The molecule has 0 heterocycles. The van der Waals surface area contributed by atoms with Crippen molar-refractivity contribution in [2.24, 2.45) is 0 Å². The topological polar surface area (TPSA) is 6.48 Å². The van der Waals surface area contributed by atoms with Crippen LogP contribution in [0.5, 0.6) is 0 Å². The Labute approximate surface area is 97.4 Å². The summed E-state index contributed by atoms with van der Waals surface area (Å²) in [6.45, 7) is 8.45. The van der Waals surface area contributed by atoms with E-state index in [1.807, 2.05) is 32.7 Å². The van der Waals surface area contributed by atoms with Gasteiger partial charge in [-0.25, -0.2) is 0 Å². The molecule has 0 aromatic heterocycles. The number of halogens is 3. The van der Waals surface area contributed by atoms with Crippen LogP contribution in [0.2, 0.25) is 0 Å². The predicted molar refractivity (Wildman–Crippen MR) is 62.7 cm³/mol. The van der Waals surface area contributed by atoms with Crippen LogP contribution in [-0.2, 0) is 0 Å². The molecule has 0 bridgehead atoms. The van der Waals surface area contributed by atoms with Crippen LogP contribution in [0.25, 0.3) is 0 Å². The molecule has 0 rings (SSSR count). The number of alkyl halides is 3. The summed E-state index contributed by atoms with van der Waals surface area (Å²) in [4.78, 5) is 3.32. The van der Waals surface area contributed by atoms with Gasteiger partial charge in [0.15, 0.2) is 0 Å². The Morgan fingerprint density at radius 1 is 1.12 bits per heavy atom. The molecule has 0 aliphatic heterocycles. The highest BCUT2D eigenvalue weighted by atomic mass is 19.4. The van der Waals surface area contributed by atoms with Crippen molar-refractivity contribution in [1.29, 1.82) is 0 Å². The number of likely N-dealkylation sites (N-methyl/N-ethyl adjacent to an activating group) is 2. The monoisotopic (exact) mass is 242 g/mol. The Kier molecular flexibility index (Phi) is 9.96. The first-order valence-electron chi connectivity index (χ1n) is 5.71. The van der Waals surface area contributed by atoms with Crippen molar-refractivity contribution in [3.8, 4) is 0 Å². The molecular weight excluding hydrogens is 217 g/mol. The smallest absolute Gasteiger partial charge is 0.305 e. The van der Waals surface area contributed by atoms with E-state index in [1.54, 1.807) is 6.92 Å². The van der Waals surface area contributed by atoms with E-state index in [0.717, 1.165) is 6.54 Å². The van der Waals surface area contributed by atoms with E-state index in [1.165, 1.54) is 11.9 Å². The number of rotatable bonds is 5. The second-order valence-electron chi connectivity index (χ2n) is 3.73. The molecule has 1 atom stereocenters. The first kappa shape index (κ1) is 18.1. The van der Waals surface area contributed by atoms with Gasteiger partial charge in [-0.3, -0.25) is 4.90 Å². The van der Waals surface area contributed by atoms with Gasteiger partial charge in [0.2, 0.25) is 0 Å². The molecule has 0 radical (unpaired) electrons. The Bertz CT molecular complexity index is 160. The summed E-state index contributed by atoms with van der Waals surface area (Å²) in [5, 5.41) is 0. The van der Waals surface area contributed by atoms with Crippen molar-refractivity contribution < 1.29 is 13.2 Å². The van der Waals surface area contributed by atoms with E-state index in [9.17, 15) is 13.2 Å². The molecule has 0 amide bonds. The number of hydrogen-bond acceptors (Lipinski definition) is 2. The van der Waals surface area contributed by atoms with Crippen molar-refractivity contribution in [1.82, 2.24) is 9.80 Å². The molecule has 0 aliphatic carbocycles. The van der Waals surface area contributed by atoms with Gasteiger partial charge in [-0.05, 0) is 27.6 Å². The largest absolute Gasteiger partial charge is 0.401 e. The first-order valence-corrected chi connectivity index (χ1v) is 5.71. The van der Waals surface area contributed by atoms with Gasteiger partial charge in [0.1, 0.15) is 0 Å². The van der Waals surface area contributed by atoms with Crippen LogP contribution in [0, 0.1) is 0 Å². The molecule has 5 heteroatoms. The van der Waals surface area contributed by atoms with Gasteiger partial charge in [-0.1, -0.05) is 20.8 Å². The molecular formula is C11H25F3N2. The summed E-state index contributed by atoms with van der Waals surface area (Å²) in [5.41, 5.74) is 0. The lowest BCUT2D eigenvalue weighted by Crippen LogP contribution is -2.43. The van der Waals surface area contributed by atoms with Crippen LogP contribution in [0.4, 0.5) is 13.2 Å². The lowest BCUT2D eigenvalue weighted by atomic mass is 10.3. The lowest BCUT2D eigenvalue weighted by Gasteiger charge is -2.28. The number of nitrogens with zero attached hydrogens (tertiary/aromatic N) is 2. The fourth-order valence-electron chi connectivity index (χ4n) is 1.16. The van der Waals surface area contributed by atoms with E-state index in [0.29, 0.717) is 6.54 Å². The van der Waals surface area contributed by atoms with Gasteiger partial charge in [0.25, 0.3) is 0 Å². The molecule has 0 N–H and O–H groups in total. The molecule has 100 valence electrons. The summed E-state index contributed by atoms with van der Waals surface area (Å²) in [5.74, 6) is 0. The van der Waals surface area contributed by atoms with Crippen LogP contribution < -0.4 is 0 Å². The van der Waals surface area contributed by atoms with Gasteiger partial charge >= 0.3 is 6.18 Å². The van der Waals surface area contributed by atoms with Gasteiger partial charge in [-0.15, -0.1) is 0 Å². The predicted octanol–water partition coefficient (Wildman–Crippen LogP) is 2.85. The Hall–Kier alpha value is -0.290. The van der Waals surface area contributed by atoms with E-state index in [4.69, 9.17) is 0 Å². The van der Waals surface area contributed by atoms with Crippen LogP contribution in [0.15, 0.2) is 0 Å². The summed E-state index contributed by atoms with van der Waals surface area (Å²) in [7, 11) is 3.40. The maximum atomic E-state index is 12.0. The highest BCUT2D eigenvalue weighted by Crippen LogP contribution is 2.16. The molecule has 0 aromatic carbocycles. The first-order chi connectivity index (χ1) is 7.26. The van der Waals surface area contributed by atoms with Gasteiger partial charge in [0, 0.05) is 12.6 Å². The summed E-state index contributed by atoms with van der Waals surface area (Å²) < 4.78 is 36.1.